The summed E-state index contributed by atoms with van der Waals surface area (Å²) in [5.41, 5.74) is 8.52. The Morgan fingerprint density at radius 1 is 1.06 bits per heavy atom. The SMILES string of the molecule is N=C(N)OCCC1Cc2cc(-c3cncc(F)c3)ccc2Oc2c1cc(-c1ccnc(F)c1)nc2F. The number of ether oxygens (including phenoxy) is 2. The van der Waals surface area contributed by atoms with E-state index >= 15 is 4.39 Å². The van der Waals surface area contributed by atoms with Gasteiger partial charge < -0.3 is 15.2 Å². The molecule has 0 saturated heterocycles. The molecule has 10 heteroatoms. The molecule has 1 unspecified atom stereocenters. The van der Waals surface area contributed by atoms with Crippen molar-refractivity contribution >= 4 is 6.02 Å². The van der Waals surface area contributed by atoms with E-state index in [1.165, 1.54) is 24.4 Å². The van der Waals surface area contributed by atoms with Crippen LogP contribution in [0.3, 0.4) is 0 Å². The molecule has 0 fully saturated rings. The van der Waals surface area contributed by atoms with Gasteiger partial charge in [-0.1, -0.05) is 6.07 Å². The lowest BCUT2D eigenvalue weighted by Gasteiger charge is -2.18. The van der Waals surface area contributed by atoms with Gasteiger partial charge >= 0.3 is 0 Å². The first-order chi connectivity index (χ1) is 17.4. The fraction of sp³-hybridized carbons (Fsp3) is 0.154. The molecule has 36 heavy (non-hydrogen) atoms. The largest absolute Gasteiger partial charge is 0.466 e. The first-order valence-electron chi connectivity index (χ1n) is 11.1. The van der Waals surface area contributed by atoms with Crippen molar-refractivity contribution in [2.45, 2.75) is 18.8 Å². The van der Waals surface area contributed by atoms with Crippen LogP contribution in [-0.4, -0.2) is 27.6 Å². The number of nitrogens with one attached hydrogen (secondary N) is 1. The second-order valence-corrected chi connectivity index (χ2v) is 8.30. The number of amidine groups is 1. The Morgan fingerprint density at radius 2 is 1.92 bits per heavy atom. The Labute approximate surface area is 204 Å². The third-order valence-corrected chi connectivity index (χ3v) is 5.92. The van der Waals surface area contributed by atoms with Crippen molar-refractivity contribution in [3.8, 4) is 33.9 Å². The molecule has 1 aliphatic rings. The van der Waals surface area contributed by atoms with Crippen LogP contribution in [0.1, 0.15) is 23.5 Å². The smallest absolute Gasteiger partial charge is 0.278 e. The molecule has 0 aliphatic carbocycles. The lowest BCUT2D eigenvalue weighted by atomic mass is 9.88. The Morgan fingerprint density at radius 3 is 2.69 bits per heavy atom. The summed E-state index contributed by atoms with van der Waals surface area (Å²) in [4.78, 5) is 11.5. The fourth-order valence-corrected chi connectivity index (χ4v) is 4.28. The molecular formula is C26H20F3N5O2. The lowest BCUT2D eigenvalue weighted by Crippen LogP contribution is -2.17. The monoisotopic (exact) mass is 491 g/mol. The minimum absolute atomic E-state index is 0.0416. The minimum Gasteiger partial charge on any atom is -0.466 e. The van der Waals surface area contributed by atoms with Crippen LogP contribution in [0.4, 0.5) is 13.2 Å². The molecule has 4 heterocycles. The summed E-state index contributed by atoms with van der Waals surface area (Å²) < 4.78 is 54.0. The predicted molar refractivity (Wildman–Crippen MR) is 126 cm³/mol. The van der Waals surface area contributed by atoms with E-state index in [0.29, 0.717) is 35.3 Å². The van der Waals surface area contributed by atoms with Gasteiger partial charge in [-0.25, -0.2) is 14.4 Å². The van der Waals surface area contributed by atoms with Crippen LogP contribution in [0, 0.1) is 23.1 Å². The zero-order valence-electron chi connectivity index (χ0n) is 18.8. The van der Waals surface area contributed by atoms with Gasteiger partial charge in [0.05, 0.1) is 18.5 Å². The highest BCUT2D eigenvalue weighted by atomic mass is 19.1. The van der Waals surface area contributed by atoms with E-state index in [1.54, 1.807) is 24.4 Å². The quantitative estimate of drug-likeness (QED) is 0.221. The highest BCUT2D eigenvalue weighted by molar-refractivity contribution is 5.68. The minimum atomic E-state index is -0.844. The highest BCUT2D eigenvalue weighted by Crippen LogP contribution is 2.44. The third-order valence-electron chi connectivity index (χ3n) is 5.92. The van der Waals surface area contributed by atoms with Crippen molar-refractivity contribution in [2.75, 3.05) is 6.61 Å². The van der Waals surface area contributed by atoms with Gasteiger partial charge in [0, 0.05) is 35.2 Å². The number of nitrogens with two attached hydrogens (primary N) is 1. The van der Waals surface area contributed by atoms with Gasteiger partial charge in [-0.2, -0.15) is 8.78 Å². The average molecular weight is 491 g/mol. The molecule has 1 aromatic carbocycles. The van der Waals surface area contributed by atoms with Crippen LogP contribution in [0.5, 0.6) is 11.5 Å². The summed E-state index contributed by atoms with van der Waals surface area (Å²) in [5, 5.41) is 7.34. The molecule has 1 aliphatic heterocycles. The van der Waals surface area contributed by atoms with Crippen LogP contribution in [0.15, 0.2) is 61.1 Å². The number of benzene rings is 1. The number of rotatable bonds is 5. The Hall–Kier alpha value is -4.47. The first kappa shape index (κ1) is 23.3. The van der Waals surface area contributed by atoms with E-state index in [0.717, 1.165) is 17.3 Å². The van der Waals surface area contributed by atoms with Crippen LogP contribution >= 0.6 is 0 Å². The molecule has 0 radical (unpaired) electrons. The third kappa shape index (κ3) is 4.83. The summed E-state index contributed by atoms with van der Waals surface area (Å²) in [5.74, 6) is -1.94. The number of aromatic nitrogens is 3. The van der Waals surface area contributed by atoms with Crippen molar-refractivity contribution in [1.29, 1.82) is 5.41 Å². The number of nitrogens with zero attached hydrogens (tertiary/aromatic N) is 3. The van der Waals surface area contributed by atoms with Crippen LogP contribution < -0.4 is 10.5 Å². The van der Waals surface area contributed by atoms with E-state index in [1.807, 2.05) is 6.07 Å². The van der Waals surface area contributed by atoms with E-state index in [9.17, 15) is 8.78 Å². The maximum Gasteiger partial charge on any atom is 0.278 e. The lowest BCUT2D eigenvalue weighted by molar-refractivity contribution is 0.277. The molecule has 4 aromatic rings. The number of pyridine rings is 3. The molecule has 3 N–H and O–H groups in total. The molecule has 0 saturated carbocycles. The van der Waals surface area contributed by atoms with Gasteiger partial charge in [0.15, 0.2) is 5.75 Å². The van der Waals surface area contributed by atoms with Crippen molar-refractivity contribution in [3.63, 3.8) is 0 Å². The summed E-state index contributed by atoms with van der Waals surface area (Å²) >= 11 is 0. The van der Waals surface area contributed by atoms with Crippen molar-refractivity contribution < 1.29 is 22.6 Å². The van der Waals surface area contributed by atoms with E-state index in [-0.39, 0.29) is 24.0 Å². The normalized spacial score (nSPS) is 14.2. The molecule has 0 bridgehead atoms. The second-order valence-electron chi connectivity index (χ2n) is 8.30. The zero-order chi connectivity index (χ0) is 25.2. The molecule has 3 aromatic heterocycles. The number of fused-ring (bicyclic) bond motifs is 2. The molecule has 5 rings (SSSR count). The summed E-state index contributed by atoms with van der Waals surface area (Å²) in [6.45, 7) is 0.117. The van der Waals surface area contributed by atoms with Gasteiger partial charge in [-0.15, -0.1) is 0 Å². The van der Waals surface area contributed by atoms with Crippen LogP contribution in [0.25, 0.3) is 22.4 Å². The molecule has 182 valence electrons. The summed E-state index contributed by atoms with van der Waals surface area (Å²) in [6.07, 6.45) is 4.77. The molecule has 1 atom stereocenters. The maximum atomic E-state index is 15.3. The predicted octanol–water partition coefficient (Wildman–Crippen LogP) is 5.36. The van der Waals surface area contributed by atoms with Crippen molar-refractivity contribution in [3.05, 3.63) is 89.9 Å². The number of hydrogen-bond donors (Lipinski definition) is 2. The zero-order valence-corrected chi connectivity index (χ0v) is 18.8. The summed E-state index contributed by atoms with van der Waals surface area (Å²) in [7, 11) is 0. The molecule has 0 spiro atoms. The van der Waals surface area contributed by atoms with Gasteiger partial charge in [0.25, 0.3) is 12.0 Å². The fourth-order valence-electron chi connectivity index (χ4n) is 4.28. The summed E-state index contributed by atoms with van der Waals surface area (Å²) in [6, 6.07) is 10.6. The average Bonchev–Trinajstić information content (AvgIpc) is 3.00. The van der Waals surface area contributed by atoms with Crippen molar-refractivity contribution in [2.24, 2.45) is 5.73 Å². The standard InChI is InChI=1S/C26H20F3N5O2/c27-19-9-18(12-32-13-19)14-1-2-22-17(7-14)8-15(4-6-35-26(30)31)20-11-21(34-25(29)24(20)36-22)16-3-5-33-23(28)10-16/h1-3,5,7,9-13,15H,4,6,8H2,(H3,30,31). The van der Waals surface area contributed by atoms with Crippen molar-refractivity contribution in [1.82, 2.24) is 15.0 Å². The van der Waals surface area contributed by atoms with Gasteiger partial charge in [-0.05, 0) is 60.2 Å². The highest BCUT2D eigenvalue weighted by Gasteiger charge is 2.28. The topological polar surface area (TPSA) is 107 Å². The Bertz CT molecular complexity index is 1460. The van der Waals surface area contributed by atoms with Gasteiger partial charge in [0.2, 0.25) is 5.95 Å². The maximum absolute atomic E-state index is 15.3. The Kier molecular flexibility index (Phi) is 6.24. The van der Waals surface area contributed by atoms with E-state index in [4.69, 9.17) is 20.6 Å². The van der Waals surface area contributed by atoms with E-state index in [2.05, 4.69) is 15.0 Å². The number of hydrogen-bond acceptors (Lipinski definition) is 6. The molecule has 0 amide bonds. The van der Waals surface area contributed by atoms with Gasteiger partial charge in [0.1, 0.15) is 11.6 Å². The number of halogens is 3. The first-order valence-corrected chi connectivity index (χ1v) is 11.1. The molecule has 7 nitrogen and oxygen atoms in total. The van der Waals surface area contributed by atoms with E-state index < -0.39 is 23.7 Å². The van der Waals surface area contributed by atoms with Crippen LogP contribution in [-0.2, 0) is 11.2 Å². The Balaban J connectivity index is 1.58. The second kappa shape index (κ2) is 9.65. The van der Waals surface area contributed by atoms with Crippen LogP contribution in [0.2, 0.25) is 0 Å². The van der Waals surface area contributed by atoms with Gasteiger partial charge in [-0.3, -0.25) is 10.4 Å². The molecular weight excluding hydrogens is 471 g/mol.